The molecular formula is C16H22F3NO. The van der Waals surface area contributed by atoms with Crippen molar-refractivity contribution in [1.82, 2.24) is 5.32 Å². The van der Waals surface area contributed by atoms with Gasteiger partial charge in [-0.25, -0.2) is 0 Å². The van der Waals surface area contributed by atoms with E-state index in [1.807, 2.05) is 6.92 Å². The Hall–Kier alpha value is -1.07. The number of halogens is 3. The Balaban J connectivity index is 2.10. The molecular weight excluding hydrogens is 279 g/mol. The second kappa shape index (κ2) is 6.36. The molecule has 1 saturated heterocycles. The third-order valence-corrected chi connectivity index (χ3v) is 4.16. The summed E-state index contributed by atoms with van der Waals surface area (Å²) in [5.41, 5.74) is 0.0545. The molecule has 1 aliphatic heterocycles. The lowest BCUT2D eigenvalue weighted by molar-refractivity contribution is -0.137. The van der Waals surface area contributed by atoms with E-state index in [0.717, 1.165) is 43.7 Å². The van der Waals surface area contributed by atoms with Crippen LogP contribution in [0.5, 0.6) is 0 Å². The lowest BCUT2D eigenvalue weighted by atomic mass is 9.88. The number of hydrogen-bond donors (Lipinski definition) is 1. The van der Waals surface area contributed by atoms with Crippen LogP contribution in [-0.2, 0) is 17.3 Å². The molecule has 0 radical (unpaired) electrons. The Kier molecular flexibility index (Phi) is 4.94. The molecule has 2 rings (SSSR count). The highest BCUT2D eigenvalue weighted by Gasteiger charge is 2.38. The Morgan fingerprint density at radius 3 is 2.43 bits per heavy atom. The smallest absolute Gasteiger partial charge is 0.374 e. The Morgan fingerprint density at radius 1 is 1.29 bits per heavy atom. The molecule has 0 bridgehead atoms. The molecule has 1 N–H and O–H groups in total. The van der Waals surface area contributed by atoms with Crippen LogP contribution >= 0.6 is 0 Å². The zero-order chi connectivity index (χ0) is 15.5. The lowest BCUT2D eigenvalue weighted by Gasteiger charge is -2.34. The van der Waals surface area contributed by atoms with Crippen LogP contribution in [0.15, 0.2) is 24.3 Å². The van der Waals surface area contributed by atoms with Crippen molar-refractivity contribution in [1.29, 1.82) is 0 Å². The molecule has 0 aliphatic carbocycles. The van der Waals surface area contributed by atoms with Gasteiger partial charge in [0.05, 0.1) is 11.2 Å². The van der Waals surface area contributed by atoms with Gasteiger partial charge >= 0.3 is 6.18 Å². The van der Waals surface area contributed by atoms with Crippen molar-refractivity contribution in [3.8, 4) is 0 Å². The SMILES string of the molecule is CCNC(Cc1ccc(C(F)(F)F)cc1)C1(C)CCCO1. The van der Waals surface area contributed by atoms with E-state index in [1.54, 1.807) is 12.1 Å². The standard InChI is InChI=1S/C16H22F3NO/c1-3-20-14(15(2)9-4-10-21-15)11-12-5-7-13(8-6-12)16(17,18)19/h5-8,14,20H,3-4,9-11H2,1-2H3. The summed E-state index contributed by atoms with van der Waals surface area (Å²) in [6.07, 6.45) is -1.60. The van der Waals surface area contributed by atoms with E-state index < -0.39 is 11.7 Å². The lowest BCUT2D eigenvalue weighted by Crippen LogP contribution is -2.49. The van der Waals surface area contributed by atoms with E-state index in [2.05, 4.69) is 12.2 Å². The average Bonchev–Trinajstić information content (AvgIpc) is 2.86. The summed E-state index contributed by atoms with van der Waals surface area (Å²) in [7, 11) is 0. The third-order valence-electron chi connectivity index (χ3n) is 4.16. The predicted molar refractivity (Wildman–Crippen MR) is 76.2 cm³/mol. The number of hydrogen-bond acceptors (Lipinski definition) is 2. The second-order valence-electron chi connectivity index (χ2n) is 5.77. The maximum absolute atomic E-state index is 12.6. The van der Waals surface area contributed by atoms with E-state index in [-0.39, 0.29) is 11.6 Å². The fraction of sp³-hybridized carbons (Fsp3) is 0.625. The maximum atomic E-state index is 12.6. The fourth-order valence-electron chi connectivity index (χ4n) is 2.89. The fourth-order valence-corrected chi connectivity index (χ4v) is 2.89. The molecule has 1 aliphatic rings. The van der Waals surface area contributed by atoms with Crippen LogP contribution in [0.1, 0.15) is 37.8 Å². The maximum Gasteiger partial charge on any atom is 0.416 e. The number of nitrogens with one attached hydrogen (secondary N) is 1. The van der Waals surface area contributed by atoms with Gasteiger partial charge in [0.25, 0.3) is 0 Å². The first kappa shape index (κ1) is 16.3. The van der Waals surface area contributed by atoms with Crippen LogP contribution in [0.25, 0.3) is 0 Å². The van der Waals surface area contributed by atoms with Crippen molar-refractivity contribution >= 4 is 0 Å². The first-order valence-corrected chi connectivity index (χ1v) is 7.38. The third kappa shape index (κ3) is 3.98. The molecule has 2 nitrogen and oxygen atoms in total. The molecule has 1 aromatic carbocycles. The summed E-state index contributed by atoms with van der Waals surface area (Å²) in [6, 6.07) is 5.53. The predicted octanol–water partition coefficient (Wildman–Crippen LogP) is 3.80. The number of alkyl halides is 3. The number of benzene rings is 1. The van der Waals surface area contributed by atoms with E-state index in [1.165, 1.54) is 0 Å². The molecule has 2 atom stereocenters. The largest absolute Gasteiger partial charge is 0.416 e. The molecule has 1 fully saturated rings. The van der Waals surface area contributed by atoms with Crippen molar-refractivity contribution in [2.75, 3.05) is 13.2 Å². The molecule has 1 aromatic rings. The highest BCUT2D eigenvalue weighted by atomic mass is 19.4. The summed E-state index contributed by atoms with van der Waals surface area (Å²) < 4.78 is 43.6. The molecule has 5 heteroatoms. The first-order valence-electron chi connectivity index (χ1n) is 7.38. The molecule has 0 aromatic heterocycles. The Labute approximate surface area is 123 Å². The van der Waals surface area contributed by atoms with Gasteiger partial charge in [0.2, 0.25) is 0 Å². The second-order valence-corrected chi connectivity index (χ2v) is 5.77. The monoisotopic (exact) mass is 301 g/mol. The van der Waals surface area contributed by atoms with Gasteiger partial charge in [-0.05, 0) is 50.4 Å². The molecule has 118 valence electrons. The molecule has 0 spiro atoms. The normalized spacial score (nSPS) is 24.2. The molecule has 21 heavy (non-hydrogen) atoms. The van der Waals surface area contributed by atoms with Gasteiger partial charge in [-0.15, -0.1) is 0 Å². The summed E-state index contributed by atoms with van der Waals surface area (Å²) in [4.78, 5) is 0. The van der Waals surface area contributed by atoms with Gasteiger partial charge in [0, 0.05) is 12.6 Å². The molecule has 0 amide bonds. The van der Waals surface area contributed by atoms with Crippen LogP contribution in [-0.4, -0.2) is 24.8 Å². The highest BCUT2D eigenvalue weighted by Crippen LogP contribution is 2.32. The van der Waals surface area contributed by atoms with Gasteiger partial charge in [-0.2, -0.15) is 13.2 Å². The van der Waals surface area contributed by atoms with Gasteiger partial charge in [0.1, 0.15) is 0 Å². The van der Waals surface area contributed by atoms with Crippen LogP contribution in [0.4, 0.5) is 13.2 Å². The molecule has 1 heterocycles. The van der Waals surface area contributed by atoms with E-state index in [0.29, 0.717) is 6.42 Å². The van der Waals surface area contributed by atoms with Crippen LogP contribution in [0.3, 0.4) is 0 Å². The van der Waals surface area contributed by atoms with Gasteiger partial charge in [-0.1, -0.05) is 19.1 Å². The topological polar surface area (TPSA) is 21.3 Å². The number of ether oxygens (including phenoxy) is 1. The molecule has 0 saturated carbocycles. The van der Waals surface area contributed by atoms with Crippen LogP contribution in [0.2, 0.25) is 0 Å². The first-order chi connectivity index (χ1) is 9.85. The Bertz CT molecular complexity index is 450. The minimum absolute atomic E-state index is 0.113. The van der Waals surface area contributed by atoms with Gasteiger partial charge < -0.3 is 10.1 Å². The Morgan fingerprint density at radius 2 is 1.95 bits per heavy atom. The quantitative estimate of drug-likeness (QED) is 0.893. The van der Waals surface area contributed by atoms with E-state index in [9.17, 15) is 13.2 Å². The van der Waals surface area contributed by atoms with Crippen LogP contribution < -0.4 is 5.32 Å². The zero-order valence-electron chi connectivity index (χ0n) is 12.5. The summed E-state index contributed by atoms with van der Waals surface area (Å²) in [5.74, 6) is 0. The van der Waals surface area contributed by atoms with Crippen LogP contribution in [0, 0.1) is 0 Å². The number of rotatable bonds is 5. The van der Waals surface area contributed by atoms with Gasteiger partial charge in [-0.3, -0.25) is 0 Å². The summed E-state index contributed by atoms with van der Waals surface area (Å²) in [5, 5.41) is 3.41. The summed E-state index contributed by atoms with van der Waals surface area (Å²) in [6.45, 7) is 5.67. The number of likely N-dealkylation sites (N-methyl/N-ethyl adjacent to an activating group) is 1. The van der Waals surface area contributed by atoms with Crippen molar-refractivity contribution in [2.45, 2.75) is 50.9 Å². The summed E-state index contributed by atoms with van der Waals surface area (Å²) >= 11 is 0. The highest BCUT2D eigenvalue weighted by molar-refractivity contribution is 5.25. The van der Waals surface area contributed by atoms with Gasteiger partial charge in [0.15, 0.2) is 0 Å². The minimum atomic E-state index is -4.28. The van der Waals surface area contributed by atoms with Crippen molar-refractivity contribution in [3.05, 3.63) is 35.4 Å². The molecule has 2 unspecified atom stereocenters. The minimum Gasteiger partial charge on any atom is -0.374 e. The van der Waals surface area contributed by atoms with Crippen molar-refractivity contribution in [3.63, 3.8) is 0 Å². The van der Waals surface area contributed by atoms with Crippen molar-refractivity contribution in [2.24, 2.45) is 0 Å². The zero-order valence-corrected chi connectivity index (χ0v) is 12.5. The van der Waals surface area contributed by atoms with E-state index in [4.69, 9.17) is 4.74 Å². The van der Waals surface area contributed by atoms with Crippen molar-refractivity contribution < 1.29 is 17.9 Å². The average molecular weight is 301 g/mol. The van der Waals surface area contributed by atoms with E-state index >= 15 is 0 Å².